The van der Waals surface area contributed by atoms with Crippen molar-refractivity contribution in [3.8, 4) is 44.8 Å². The summed E-state index contributed by atoms with van der Waals surface area (Å²) in [5.74, 6) is 0. The lowest BCUT2D eigenvalue weighted by atomic mass is 9.98. The van der Waals surface area contributed by atoms with Crippen LogP contribution in [0.1, 0.15) is 0 Å². The summed E-state index contributed by atoms with van der Waals surface area (Å²) < 4.78 is 0. The second kappa shape index (κ2) is 8.14. The van der Waals surface area contributed by atoms with E-state index in [-0.39, 0.29) is 0 Å². The fraction of sp³-hybridized carbons (Fsp3) is 0. The van der Waals surface area contributed by atoms with E-state index in [9.17, 15) is 0 Å². The van der Waals surface area contributed by atoms with Gasteiger partial charge in [0.05, 0.1) is 11.4 Å². The molecule has 5 aromatic rings. The molecule has 0 aliphatic rings. The van der Waals surface area contributed by atoms with Gasteiger partial charge >= 0.3 is 0 Å². The van der Waals surface area contributed by atoms with Crippen molar-refractivity contribution in [1.29, 1.82) is 0 Å². The van der Waals surface area contributed by atoms with Crippen molar-refractivity contribution in [2.45, 2.75) is 0 Å². The highest BCUT2D eigenvalue weighted by molar-refractivity contribution is 5.77. The van der Waals surface area contributed by atoms with Gasteiger partial charge in [0.1, 0.15) is 0 Å². The first-order valence-corrected chi connectivity index (χ1v) is 10.0. The monoisotopic (exact) mass is 384 g/mol. The number of hydrogen-bond donors (Lipinski definition) is 0. The zero-order chi connectivity index (χ0) is 20.2. The Kier molecular flexibility index (Phi) is 4.89. The Labute approximate surface area is 176 Å². The molecule has 0 fully saturated rings. The molecule has 0 atom stereocenters. The van der Waals surface area contributed by atoms with E-state index >= 15 is 0 Å². The maximum atomic E-state index is 4.96. The summed E-state index contributed by atoms with van der Waals surface area (Å²) in [4.78, 5) is 9.18. The largest absolute Gasteiger partial charge is 0.264 e. The molecule has 0 saturated heterocycles. The molecule has 2 heterocycles. The SMILES string of the molecule is c1ccc(-c2cc(-c3ccc(-c4cccnc4)cc3)cc(-c3ccccc3)n2)cc1. The minimum Gasteiger partial charge on any atom is -0.264 e. The van der Waals surface area contributed by atoms with Crippen LogP contribution in [-0.4, -0.2) is 9.97 Å². The molecule has 0 radical (unpaired) electrons. The zero-order valence-electron chi connectivity index (χ0n) is 16.4. The highest BCUT2D eigenvalue weighted by Crippen LogP contribution is 2.31. The summed E-state index contributed by atoms with van der Waals surface area (Å²) in [5, 5.41) is 0. The standard InChI is InChI=1S/C28H20N2/c1-3-8-23(9-4-1)27-18-26(19-28(30-27)24-10-5-2-6-11-24)22-15-13-21(14-16-22)25-12-7-17-29-20-25/h1-20H. The average molecular weight is 384 g/mol. The lowest BCUT2D eigenvalue weighted by Crippen LogP contribution is -1.91. The number of benzene rings is 3. The zero-order valence-corrected chi connectivity index (χ0v) is 16.4. The minimum absolute atomic E-state index is 0.975. The topological polar surface area (TPSA) is 25.8 Å². The van der Waals surface area contributed by atoms with Crippen molar-refractivity contribution in [2.24, 2.45) is 0 Å². The van der Waals surface area contributed by atoms with Crippen LogP contribution in [0.15, 0.2) is 122 Å². The Morgan fingerprint density at radius 1 is 0.400 bits per heavy atom. The second-order valence-electron chi connectivity index (χ2n) is 7.18. The summed E-state index contributed by atoms with van der Waals surface area (Å²) in [5.41, 5.74) is 8.78. The summed E-state index contributed by atoms with van der Waals surface area (Å²) in [7, 11) is 0. The van der Waals surface area contributed by atoms with Gasteiger partial charge in [-0.25, -0.2) is 4.98 Å². The predicted octanol–water partition coefficient (Wildman–Crippen LogP) is 7.14. The molecule has 0 saturated carbocycles. The summed E-state index contributed by atoms with van der Waals surface area (Å²) in [6.45, 7) is 0. The van der Waals surface area contributed by atoms with Gasteiger partial charge in [-0.3, -0.25) is 4.98 Å². The first kappa shape index (κ1) is 18.0. The van der Waals surface area contributed by atoms with Gasteiger partial charge < -0.3 is 0 Å². The molecule has 5 rings (SSSR count). The van der Waals surface area contributed by atoms with Crippen molar-refractivity contribution in [3.63, 3.8) is 0 Å². The summed E-state index contributed by atoms with van der Waals surface area (Å²) in [6.07, 6.45) is 3.69. The Morgan fingerprint density at radius 3 is 1.40 bits per heavy atom. The summed E-state index contributed by atoms with van der Waals surface area (Å²) >= 11 is 0. The van der Waals surface area contributed by atoms with Crippen LogP contribution < -0.4 is 0 Å². The lowest BCUT2D eigenvalue weighted by Gasteiger charge is -2.11. The molecular formula is C28H20N2. The number of pyridine rings is 2. The van der Waals surface area contributed by atoms with Crippen LogP contribution in [0.4, 0.5) is 0 Å². The molecule has 0 aliphatic carbocycles. The van der Waals surface area contributed by atoms with E-state index < -0.39 is 0 Å². The maximum absolute atomic E-state index is 4.96. The van der Waals surface area contributed by atoms with Gasteiger partial charge in [-0.2, -0.15) is 0 Å². The highest BCUT2D eigenvalue weighted by Gasteiger charge is 2.09. The van der Waals surface area contributed by atoms with Crippen molar-refractivity contribution in [2.75, 3.05) is 0 Å². The number of aromatic nitrogens is 2. The number of nitrogens with zero attached hydrogens (tertiary/aromatic N) is 2. The van der Waals surface area contributed by atoms with Crippen molar-refractivity contribution in [3.05, 3.63) is 122 Å². The molecule has 30 heavy (non-hydrogen) atoms. The van der Waals surface area contributed by atoms with Crippen molar-refractivity contribution >= 4 is 0 Å². The quantitative estimate of drug-likeness (QED) is 0.329. The first-order chi connectivity index (χ1) is 14.9. The van der Waals surface area contributed by atoms with Crippen LogP contribution in [0.3, 0.4) is 0 Å². The smallest absolute Gasteiger partial charge is 0.0715 e. The van der Waals surface area contributed by atoms with Crippen LogP contribution in [0.25, 0.3) is 44.8 Å². The second-order valence-corrected chi connectivity index (χ2v) is 7.18. The van der Waals surface area contributed by atoms with Crippen LogP contribution in [0.2, 0.25) is 0 Å². The Hall–Kier alpha value is -4.04. The van der Waals surface area contributed by atoms with E-state index in [0.29, 0.717) is 0 Å². The van der Waals surface area contributed by atoms with Gasteiger partial charge in [-0.1, -0.05) is 91.0 Å². The number of rotatable bonds is 4. The van der Waals surface area contributed by atoms with Crippen LogP contribution in [-0.2, 0) is 0 Å². The molecule has 2 nitrogen and oxygen atoms in total. The third kappa shape index (κ3) is 3.76. The van der Waals surface area contributed by atoms with E-state index in [4.69, 9.17) is 4.98 Å². The molecule has 0 N–H and O–H groups in total. The van der Waals surface area contributed by atoms with Crippen molar-refractivity contribution < 1.29 is 0 Å². The average Bonchev–Trinajstić information content (AvgIpc) is 2.85. The third-order valence-corrected chi connectivity index (χ3v) is 5.18. The van der Waals surface area contributed by atoms with Gasteiger partial charge in [0.2, 0.25) is 0 Å². The fourth-order valence-electron chi connectivity index (χ4n) is 3.60. The predicted molar refractivity (Wildman–Crippen MR) is 124 cm³/mol. The van der Waals surface area contributed by atoms with E-state index in [2.05, 4.69) is 96.0 Å². The molecule has 3 aromatic carbocycles. The van der Waals surface area contributed by atoms with Crippen molar-refractivity contribution in [1.82, 2.24) is 9.97 Å². The Bertz CT molecular complexity index is 1190. The molecule has 0 spiro atoms. The van der Waals surface area contributed by atoms with E-state index in [1.807, 2.05) is 24.4 Å². The molecule has 0 amide bonds. The molecule has 0 bridgehead atoms. The third-order valence-electron chi connectivity index (χ3n) is 5.18. The van der Waals surface area contributed by atoms with E-state index in [0.717, 1.165) is 39.2 Å². The van der Waals surface area contributed by atoms with Gasteiger partial charge in [0.15, 0.2) is 0 Å². The molecule has 0 unspecified atom stereocenters. The van der Waals surface area contributed by atoms with Crippen LogP contribution in [0, 0.1) is 0 Å². The van der Waals surface area contributed by atoms with Crippen LogP contribution >= 0.6 is 0 Å². The van der Waals surface area contributed by atoms with Crippen LogP contribution in [0.5, 0.6) is 0 Å². The molecule has 142 valence electrons. The first-order valence-electron chi connectivity index (χ1n) is 10.0. The van der Waals surface area contributed by atoms with E-state index in [1.54, 1.807) is 6.20 Å². The minimum atomic E-state index is 0.975. The van der Waals surface area contributed by atoms with Gasteiger partial charge in [-0.15, -0.1) is 0 Å². The Balaban J connectivity index is 1.60. The van der Waals surface area contributed by atoms with Gasteiger partial charge in [0.25, 0.3) is 0 Å². The summed E-state index contributed by atoms with van der Waals surface area (Å²) in [6, 6.07) is 37.7. The maximum Gasteiger partial charge on any atom is 0.0715 e. The Morgan fingerprint density at radius 2 is 0.900 bits per heavy atom. The molecule has 2 heteroatoms. The molecular weight excluding hydrogens is 364 g/mol. The lowest BCUT2D eigenvalue weighted by molar-refractivity contribution is 1.32. The fourth-order valence-corrected chi connectivity index (χ4v) is 3.60. The van der Waals surface area contributed by atoms with Gasteiger partial charge in [0, 0.05) is 23.5 Å². The number of hydrogen-bond acceptors (Lipinski definition) is 2. The highest BCUT2D eigenvalue weighted by atomic mass is 14.7. The normalized spacial score (nSPS) is 10.7. The van der Waals surface area contributed by atoms with E-state index in [1.165, 1.54) is 5.56 Å². The van der Waals surface area contributed by atoms with Gasteiger partial charge in [-0.05, 0) is 40.5 Å². The molecule has 0 aliphatic heterocycles. The molecule has 2 aromatic heterocycles.